The predicted octanol–water partition coefficient (Wildman–Crippen LogP) is 4.97. The van der Waals surface area contributed by atoms with Crippen molar-refractivity contribution in [1.82, 2.24) is 4.98 Å². The van der Waals surface area contributed by atoms with E-state index >= 15 is 0 Å². The monoisotopic (exact) mass is 323 g/mol. The largest absolute Gasteiger partial charge is 0.478 e. The van der Waals surface area contributed by atoms with Crippen LogP contribution in [0.15, 0.2) is 36.4 Å². The molecule has 0 amide bonds. The first-order valence-electron chi connectivity index (χ1n) is 5.64. The topological polar surface area (TPSA) is 50.2 Å². The number of nitrogens with zero attached hydrogens (tertiary/aromatic N) is 1. The molecule has 0 aliphatic rings. The summed E-state index contributed by atoms with van der Waals surface area (Å²) >= 11 is 13.4. The quantitative estimate of drug-likeness (QED) is 0.724. The van der Waals surface area contributed by atoms with Crippen molar-refractivity contribution in [3.8, 4) is 10.6 Å². The van der Waals surface area contributed by atoms with E-state index in [9.17, 15) is 4.79 Å². The number of thiazole rings is 1. The average molecular weight is 324 g/mol. The van der Waals surface area contributed by atoms with Crippen molar-refractivity contribution >= 4 is 50.7 Å². The van der Waals surface area contributed by atoms with Crippen LogP contribution in [0.2, 0.25) is 10.0 Å². The number of carbonyl (C=O) groups is 1. The number of rotatable bonds is 2. The van der Waals surface area contributed by atoms with Gasteiger partial charge < -0.3 is 5.11 Å². The second-order valence-electron chi connectivity index (χ2n) is 4.13. The number of halogens is 2. The van der Waals surface area contributed by atoms with Gasteiger partial charge in [-0.3, -0.25) is 0 Å². The number of aromatic nitrogens is 1. The van der Waals surface area contributed by atoms with E-state index in [0.29, 0.717) is 10.0 Å². The second-order valence-corrected chi connectivity index (χ2v) is 6.01. The van der Waals surface area contributed by atoms with Gasteiger partial charge in [0.1, 0.15) is 5.01 Å². The summed E-state index contributed by atoms with van der Waals surface area (Å²) in [6, 6.07) is 10.1. The summed E-state index contributed by atoms with van der Waals surface area (Å²) in [5.74, 6) is -0.952. The third-order valence-corrected chi connectivity index (χ3v) is 4.40. The molecule has 20 heavy (non-hydrogen) atoms. The van der Waals surface area contributed by atoms with E-state index in [1.807, 2.05) is 0 Å². The van der Waals surface area contributed by atoms with Crippen molar-refractivity contribution in [3.63, 3.8) is 0 Å². The smallest absolute Gasteiger partial charge is 0.335 e. The Kier molecular flexibility index (Phi) is 3.38. The third kappa shape index (κ3) is 2.38. The van der Waals surface area contributed by atoms with E-state index in [1.54, 1.807) is 30.3 Å². The molecule has 0 atom stereocenters. The van der Waals surface area contributed by atoms with Gasteiger partial charge in [-0.15, -0.1) is 11.3 Å². The molecule has 0 aliphatic heterocycles. The second kappa shape index (κ2) is 5.05. The zero-order valence-electron chi connectivity index (χ0n) is 9.93. The molecule has 3 nitrogen and oxygen atoms in total. The van der Waals surface area contributed by atoms with Crippen LogP contribution in [0.3, 0.4) is 0 Å². The number of carboxylic acid groups (broad SMARTS) is 1. The van der Waals surface area contributed by atoms with E-state index in [4.69, 9.17) is 28.3 Å². The summed E-state index contributed by atoms with van der Waals surface area (Å²) in [4.78, 5) is 15.4. The van der Waals surface area contributed by atoms with E-state index < -0.39 is 5.97 Å². The molecule has 1 aromatic heterocycles. The van der Waals surface area contributed by atoms with Gasteiger partial charge in [-0.25, -0.2) is 9.78 Å². The maximum atomic E-state index is 11.0. The Hall–Kier alpha value is -1.62. The van der Waals surface area contributed by atoms with Crippen molar-refractivity contribution in [2.45, 2.75) is 0 Å². The highest BCUT2D eigenvalue weighted by atomic mass is 35.5. The number of hydrogen-bond donors (Lipinski definition) is 1. The van der Waals surface area contributed by atoms with E-state index in [2.05, 4.69) is 4.98 Å². The van der Waals surface area contributed by atoms with Crippen LogP contribution in [0.25, 0.3) is 20.8 Å². The van der Waals surface area contributed by atoms with Gasteiger partial charge in [0.15, 0.2) is 0 Å². The molecule has 1 heterocycles. The zero-order valence-corrected chi connectivity index (χ0v) is 12.3. The molecule has 0 unspecified atom stereocenters. The average Bonchev–Trinajstić information content (AvgIpc) is 2.80. The molecular weight excluding hydrogens is 317 g/mol. The van der Waals surface area contributed by atoms with Gasteiger partial charge in [0, 0.05) is 10.6 Å². The Morgan fingerprint density at radius 2 is 1.95 bits per heavy atom. The number of carboxylic acids is 1. The maximum Gasteiger partial charge on any atom is 0.335 e. The lowest BCUT2D eigenvalue weighted by molar-refractivity contribution is 0.0697. The molecule has 0 spiro atoms. The van der Waals surface area contributed by atoms with Crippen LogP contribution < -0.4 is 0 Å². The van der Waals surface area contributed by atoms with Gasteiger partial charge in [0.05, 0.1) is 20.8 Å². The molecule has 3 rings (SSSR count). The van der Waals surface area contributed by atoms with Crippen LogP contribution in [0.4, 0.5) is 0 Å². The molecule has 1 N–H and O–H groups in total. The van der Waals surface area contributed by atoms with Gasteiger partial charge >= 0.3 is 5.97 Å². The van der Waals surface area contributed by atoms with Crippen LogP contribution in [-0.4, -0.2) is 16.1 Å². The number of benzene rings is 2. The molecular formula is C14H7Cl2NO2S. The van der Waals surface area contributed by atoms with E-state index in [-0.39, 0.29) is 5.56 Å². The molecule has 6 heteroatoms. The SMILES string of the molecule is O=C(O)c1ccc2nc(-c3ccc(Cl)cc3Cl)sc2c1. The summed E-state index contributed by atoms with van der Waals surface area (Å²) in [7, 11) is 0. The first-order chi connectivity index (χ1) is 9.54. The number of aromatic carboxylic acids is 1. The molecule has 3 aromatic rings. The van der Waals surface area contributed by atoms with Gasteiger partial charge in [0.2, 0.25) is 0 Å². The minimum atomic E-state index is -0.952. The first-order valence-corrected chi connectivity index (χ1v) is 7.21. The highest BCUT2D eigenvalue weighted by molar-refractivity contribution is 7.21. The van der Waals surface area contributed by atoms with Crippen LogP contribution in [0, 0.1) is 0 Å². The predicted molar refractivity (Wildman–Crippen MR) is 82.0 cm³/mol. The fourth-order valence-electron chi connectivity index (χ4n) is 1.84. The molecule has 0 fully saturated rings. The third-order valence-electron chi connectivity index (χ3n) is 2.80. The minimum absolute atomic E-state index is 0.245. The summed E-state index contributed by atoms with van der Waals surface area (Å²) < 4.78 is 0.811. The lowest BCUT2D eigenvalue weighted by atomic mass is 10.2. The molecule has 2 aromatic carbocycles. The van der Waals surface area contributed by atoms with Crippen molar-refractivity contribution < 1.29 is 9.90 Å². The Bertz CT molecular complexity index is 829. The molecule has 0 saturated carbocycles. The minimum Gasteiger partial charge on any atom is -0.478 e. The van der Waals surface area contributed by atoms with Gasteiger partial charge in [-0.2, -0.15) is 0 Å². The Morgan fingerprint density at radius 3 is 2.65 bits per heavy atom. The van der Waals surface area contributed by atoms with Crippen LogP contribution in [0.5, 0.6) is 0 Å². The molecule has 100 valence electrons. The number of hydrogen-bond acceptors (Lipinski definition) is 3. The van der Waals surface area contributed by atoms with Crippen molar-refractivity contribution in [3.05, 3.63) is 52.0 Å². The fourth-order valence-corrected chi connectivity index (χ4v) is 3.43. The Morgan fingerprint density at radius 1 is 1.15 bits per heavy atom. The summed E-state index contributed by atoms with van der Waals surface area (Å²) in [5.41, 5.74) is 1.78. The zero-order chi connectivity index (χ0) is 14.3. The Labute approximate surface area is 128 Å². The summed E-state index contributed by atoms with van der Waals surface area (Å²) in [5, 5.41) is 10.8. The van der Waals surface area contributed by atoms with Crippen molar-refractivity contribution in [1.29, 1.82) is 0 Å². The lowest BCUT2D eigenvalue weighted by Crippen LogP contribution is -1.94. The van der Waals surface area contributed by atoms with Crippen molar-refractivity contribution in [2.24, 2.45) is 0 Å². The molecule has 0 bridgehead atoms. The van der Waals surface area contributed by atoms with Crippen molar-refractivity contribution in [2.75, 3.05) is 0 Å². The Balaban J connectivity index is 2.15. The highest BCUT2D eigenvalue weighted by Crippen LogP contribution is 2.35. The van der Waals surface area contributed by atoms with Gasteiger partial charge in [-0.05, 0) is 36.4 Å². The first kappa shape index (κ1) is 13.4. The van der Waals surface area contributed by atoms with Gasteiger partial charge in [-0.1, -0.05) is 23.2 Å². The summed E-state index contributed by atoms with van der Waals surface area (Å²) in [6.45, 7) is 0. The lowest BCUT2D eigenvalue weighted by Gasteiger charge is -1.99. The standard InChI is InChI=1S/C14H7Cl2NO2S/c15-8-2-3-9(10(16)6-8)13-17-11-4-1-7(14(18)19)5-12(11)20-13/h1-6H,(H,18,19). The van der Waals surface area contributed by atoms with E-state index in [1.165, 1.54) is 17.4 Å². The molecule has 0 saturated heterocycles. The molecule has 0 radical (unpaired) electrons. The fraction of sp³-hybridized carbons (Fsp3) is 0. The highest BCUT2D eigenvalue weighted by Gasteiger charge is 2.12. The normalized spacial score (nSPS) is 10.9. The maximum absolute atomic E-state index is 11.0. The van der Waals surface area contributed by atoms with E-state index in [0.717, 1.165) is 20.8 Å². The van der Waals surface area contributed by atoms with Crippen LogP contribution >= 0.6 is 34.5 Å². The molecule has 0 aliphatic carbocycles. The van der Waals surface area contributed by atoms with Crippen LogP contribution in [0.1, 0.15) is 10.4 Å². The summed E-state index contributed by atoms with van der Waals surface area (Å²) in [6.07, 6.45) is 0. The van der Waals surface area contributed by atoms with Gasteiger partial charge in [0.25, 0.3) is 0 Å². The van der Waals surface area contributed by atoms with Crippen LogP contribution in [-0.2, 0) is 0 Å². The number of fused-ring (bicyclic) bond motifs is 1.